The van der Waals surface area contributed by atoms with E-state index in [-0.39, 0.29) is 42.6 Å². The molecule has 1 aliphatic rings. The predicted molar refractivity (Wildman–Crippen MR) is 95.8 cm³/mol. The summed E-state index contributed by atoms with van der Waals surface area (Å²) in [7, 11) is 0. The van der Waals surface area contributed by atoms with Crippen molar-refractivity contribution in [3.8, 4) is 5.75 Å². The van der Waals surface area contributed by atoms with Crippen LogP contribution in [-0.4, -0.2) is 38.5 Å². The summed E-state index contributed by atoms with van der Waals surface area (Å²) in [5.41, 5.74) is 6.84. The molecule has 24 heavy (non-hydrogen) atoms. The molecule has 1 unspecified atom stereocenters. The van der Waals surface area contributed by atoms with Crippen molar-refractivity contribution < 1.29 is 22.6 Å². The first-order valence-electron chi connectivity index (χ1n) is 7.38. The molecule has 0 bridgehead atoms. The molecule has 3 N–H and O–H groups in total. The summed E-state index contributed by atoms with van der Waals surface area (Å²) in [6, 6.07) is 7.71. The van der Waals surface area contributed by atoms with Crippen LogP contribution in [0, 0.1) is 0 Å². The summed E-state index contributed by atoms with van der Waals surface area (Å²) in [6.07, 6.45) is -3.15. The molecule has 1 aromatic carbocycles. The molecule has 1 aromatic rings. The van der Waals surface area contributed by atoms with Crippen molar-refractivity contribution in [1.29, 1.82) is 0 Å². The summed E-state index contributed by atoms with van der Waals surface area (Å²) in [6.45, 7) is -0.339. The van der Waals surface area contributed by atoms with Crippen LogP contribution >= 0.6 is 24.0 Å². The number of hydrogen-bond acceptors (Lipinski definition) is 3. The average molecular weight is 459 g/mol. The van der Waals surface area contributed by atoms with Crippen molar-refractivity contribution >= 4 is 29.9 Å². The van der Waals surface area contributed by atoms with Crippen molar-refractivity contribution in [3.63, 3.8) is 0 Å². The van der Waals surface area contributed by atoms with Gasteiger partial charge in [-0.3, -0.25) is 4.99 Å². The first-order valence-corrected chi connectivity index (χ1v) is 7.38. The van der Waals surface area contributed by atoms with Crippen LogP contribution in [0.1, 0.15) is 24.4 Å². The average Bonchev–Trinajstić information content (AvgIpc) is 2.50. The number of rotatable bonds is 6. The largest absolute Gasteiger partial charge is 0.493 e. The Kier molecular flexibility index (Phi) is 8.60. The van der Waals surface area contributed by atoms with Crippen molar-refractivity contribution in [2.24, 2.45) is 10.7 Å². The zero-order chi connectivity index (χ0) is 16.7. The van der Waals surface area contributed by atoms with Gasteiger partial charge in [0.15, 0.2) is 5.96 Å². The van der Waals surface area contributed by atoms with Crippen LogP contribution in [0.25, 0.3) is 0 Å². The summed E-state index contributed by atoms with van der Waals surface area (Å²) < 4.78 is 45.7. The van der Waals surface area contributed by atoms with Gasteiger partial charge in [-0.05, 0) is 12.5 Å². The maximum atomic E-state index is 11.9. The van der Waals surface area contributed by atoms with Crippen LogP contribution in [-0.2, 0) is 4.74 Å². The third-order valence-electron chi connectivity index (χ3n) is 3.28. The lowest BCUT2D eigenvalue weighted by molar-refractivity contribution is -0.173. The molecule has 5 nitrogen and oxygen atoms in total. The molecule has 136 valence electrons. The molecule has 1 heterocycles. The van der Waals surface area contributed by atoms with E-state index in [0.29, 0.717) is 19.6 Å². The fraction of sp³-hybridized carbons (Fsp3) is 0.533. The van der Waals surface area contributed by atoms with Gasteiger partial charge in [-0.25, -0.2) is 0 Å². The van der Waals surface area contributed by atoms with Crippen molar-refractivity contribution in [1.82, 2.24) is 5.32 Å². The highest BCUT2D eigenvalue weighted by Crippen LogP contribution is 2.31. The monoisotopic (exact) mass is 459 g/mol. The number of benzene rings is 1. The number of guanidine groups is 1. The van der Waals surface area contributed by atoms with E-state index < -0.39 is 12.8 Å². The van der Waals surface area contributed by atoms with Gasteiger partial charge in [-0.1, -0.05) is 18.2 Å². The number of aliphatic imine (C=N–C) groups is 1. The second kappa shape index (κ2) is 9.92. The molecule has 0 amide bonds. The van der Waals surface area contributed by atoms with Gasteiger partial charge < -0.3 is 20.5 Å². The lowest BCUT2D eigenvalue weighted by Crippen LogP contribution is -2.37. The highest BCUT2D eigenvalue weighted by atomic mass is 127. The molecule has 0 saturated heterocycles. The smallest absolute Gasteiger partial charge is 0.411 e. The van der Waals surface area contributed by atoms with Crippen LogP contribution in [0.3, 0.4) is 0 Å². The Balaban J connectivity index is 0.00000288. The minimum absolute atomic E-state index is 0. The van der Waals surface area contributed by atoms with Gasteiger partial charge in [0, 0.05) is 25.1 Å². The molecule has 0 aliphatic carbocycles. The normalized spacial score (nSPS) is 17.5. The summed E-state index contributed by atoms with van der Waals surface area (Å²) in [5.74, 6) is 1.09. The number of fused-ring (bicyclic) bond motifs is 1. The SMILES string of the molecule is I.NC(=NCCCOCC(F)(F)F)NC1CCOc2ccccc21. The van der Waals surface area contributed by atoms with E-state index in [1.54, 1.807) is 0 Å². The first kappa shape index (κ1) is 20.8. The number of nitrogens with two attached hydrogens (primary N) is 1. The van der Waals surface area contributed by atoms with Crippen LogP contribution in [0.15, 0.2) is 29.3 Å². The summed E-state index contributed by atoms with van der Waals surface area (Å²) in [5, 5.41) is 3.12. The standard InChI is InChI=1S/C15H20F3N3O2.HI/c16-15(17,18)10-22-8-3-7-20-14(19)21-12-6-9-23-13-5-2-1-4-11(12)13;/h1-2,4-5,12H,3,6-10H2,(H3,19,20,21);1H. The molecule has 0 aromatic heterocycles. The van der Waals surface area contributed by atoms with E-state index in [9.17, 15) is 13.2 Å². The minimum atomic E-state index is -4.29. The Bertz CT molecular complexity index is 541. The zero-order valence-electron chi connectivity index (χ0n) is 13.0. The van der Waals surface area contributed by atoms with E-state index in [4.69, 9.17) is 10.5 Å². The lowest BCUT2D eigenvalue weighted by Gasteiger charge is -2.26. The maximum Gasteiger partial charge on any atom is 0.411 e. The van der Waals surface area contributed by atoms with E-state index in [1.165, 1.54) is 0 Å². The van der Waals surface area contributed by atoms with Crippen molar-refractivity contribution in [2.75, 3.05) is 26.4 Å². The molecule has 0 radical (unpaired) electrons. The molecular formula is C15H21F3IN3O2. The minimum Gasteiger partial charge on any atom is -0.493 e. The Morgan fingerprint density at radius 3 is 2.88 bits per heavy atom. The third-order valence-corrected chi connectivity index (χ3v) is 3.28. The molecule has 0 spiro atoms. The van der Waals surface area contributed by atoms with Gasteiger partial charge in [-0.2, -0.15) is 13.2 Å². The van der Waals surface area contributed by atoms with E-state index in [1.807, 2.05) is 24.3 Å². The van der Waals surface area contributed by atoms with Gasteiger partial charge >= 0.3 is 6.18 Å². The Morgan fingerprint density at radius 2 is 2.12 bits per heavy atom. The van der Waals surface area contributed by atoms with Crippen molar-refractivity contribution in [2.45, 2.75) is 25.1 Å². The number of ether oxygens (including phenoxy) is 2. The van der Waals surface area contributed by atoms with Crippen LogP contribution in [0.5, 0.6) is 5.75 Å². The van der Waals surface area contributed by atoms with Crippen LogP contribution in [0.4, 0.5) is 13.2 Å². The fourth-order valence-corrected chi connectivity index (χ4v) is 2.27. The van der Waals surface area contributed by atoms with Gasteiger partial charge in [-0.15, -0.1) is 24.0 Å². The highest BCUT2D eigenvalue weighted by molar-refractivity contribution is 14.0. The molecule has 1 atom stereocenters. The molecule has 0 fully saturated rings. The van der Waals surface area contributed by atoms with Gasteiger partial charge in [0.2, 0.25) is 0 Å². The van der Waals surface area contributed by atoms with Gasteiger partial charge in [0.1, 0.15) is 12.4 Å². The fourth-order valence-electron chi connectivity index (χ4n) is 2.27. The van der Waals surface area contributed by atoms with E-state index >= 15 is 0 Å². The topological polar surface area (TPSA) is 68.9 Å². The third kappa shape index (κ3) is 7.12. The zero-order valence-corrected chi connectivity index (χ0v) is 15.3. The summed E-state index contributed by atoms with van der Waals surface area (Å²) >= 11 is 0. The molecule has 9 heteroatoms. The second-order valence-corrected chi connectivity index (χ2v) is 5.16. The Hall–Kier alpha value is -1.23. The summed E-state index contributed by atoms with van der Waals surface area (Å²) in [4.78, 5) is 4.11. The van der Waals surface area contributed by atoms with Crippen LogP contribution < -0.4 is 15.8 Å². The number of para-hydroxylation sites is 1. The van der Waals surface area contributed by atoms with Crippen LogP contribution in [0.2, 0.25) is 0 Å². The van der Waals surface area contributed by atoms with Gasteiger partial charge in [0.25, 0.3) is 0 Å². The number of hydrogen-bond donors (Lipinski definition) is 2. The molecule has 2 rings (SSSR count). The Labute approximate surface area is 155 Å². The number of alkyl halides is 3. The molecular weight excluding hydrogens is 438 g/mol. The second-order valence-electron chi connectivity index (χ2n) is 5.16. The quantitative estimate of drug-likeness (QED) is 0.297. The number of nitrogens with zero attached hydrogens (tertiary/aromatic N) is 1. The number of nitrogens with one attached hydrogen (secondary N) is 1. The van der Waals surface area contributed by atoms with Crippen molar-refractivity contribution in [3.05, 3.63) is 29.8 Å². The lowest BCUT2D eigenvalue weighted by atomic mass is 10.0. The van der Waals surface area contributed by atoms with Gasteiger partial charge in [0.05, 0.1) is 12.6 Å². The van der Waals surface area contributed by atoms with E-state index in [2.05, 4.69) is 15.0 Å². The maximum absolute atomic E-state index is 11.9. The molecule has 0 saturated carbocycles. The first-order chi connectivity index (χ1) is 11.0. The Morgan fingerprint density at radius 1 is 1.38 bits per heavy atom. The number of halogens is 4. The van der Waals surface area contributed by atoms with E-state index in [0.717, 1.165) is 17.7 Å². The highest BCUT2D eigenvalue weighted by Gasteiger charge is 2.27. The predicted octanol–water partition coefficient (Wildman–Crippen LogP) is 3.00. The molecule has 1 aliphatic heterocycles.